The molecule has 1 atom stereocenters. The first kappa shape index (κ1) is 21.5. The summed E-state index contributed by atoms with van der Waals surface area (Å²) in [6.45, 7) is 1.69. The molecular formula is C22H23N3O4S. The second-order valence-electron chi connectivity index (χ2n) is 6.81. The van der Waals surface area contributed by atoms with Crippen LogP contribution in [0.1, 0.15) is 28.9 Å². The third-order valence-corrected chi connectivity index (χ3v) is 6.19. The molecule has 0 aliphatic carbocycles. The smallest absolute Gasteiger partial charge is 0.251 e. The lowest BCUT2D eigenvalue weighted by Crippen LogP contribution is -2.38. The highest BCUT2D eigenvalue weighted by Gasteiger charge is 2.14. The van der Waals surface area contributed by atoms with Crippen LogP contribution in [0.15, 0.2) is 71.6 Å². The summed E-state index contributed by atoms with van der Waals surface area (Å²) in [5.74, 6) is -0.782. The molecule has 0 saturated heterocycles. The molecule has 0 aliphatic rings. The van der Waals surface area contributed by atoms with Crippen molar-refractivity contribution < 1.29 is 18.0 Å². The molecule has 0 saturated carbocycles. The van der Waals surface area contributed by atoms with Crippen LogP contribution in [0.2, 0.25) is 0 Å². The number of fused-ring (bicyclic) bond motifs is 1. The van der Waals surface area contributed by atoms with E-state index in [-0.39, 0.29) is 29.0 Å². The van der Waals surface area contributed by atoms with Gasteiger partial charge in [0.15, 0.2) is 0 Å². The van der Waals surface area contributed by atoms with E-state index in [1.165, 1.54) is 31.3 Å². The topological polar surface area (TPSA) is 104 Å². The lowest BCUT2D eigenvalue weighted by atomic mass is 10.0. The Kier molecular flexibility index (Phi) is 6.49. The molecule has 7 nitrogen and oxygen atoms in total. The van der Waals surface area contributed by atoms with Gasteiger partial charge in [-0.05, 0) is 60.6 Å². The molecule has 0 heterocycles. The lowest BCUT2D eigenvalue weighted by molar-refractivity contribution is -0.120. The normalized spacial score (nSPS) is 12.3. The Balaban J connectivity index is 1.56. The minimum Gasteiger partial charge on any atom is -0.348 e. The fourth-order valence-corrected chi connectivity index (χ4v) is 3.75. The van der Waals surface area contributed by atoms with E-state index < -0.39 is 15.9 Å². The highest BCUT2D eigenvalue weighted by molar-refractivity contribution is 7.89. The van der Waals surface area contributed by atoms with Crippen LogP contribution in [0.5, 0.6) is 0 Å². The van der Waals surface area contributed by atoms with Crippen LogP contribution in [0.3, 0.4) is 0 Å². The van der Waals surface area contributed by atoms with Gasteiger partial charge >= 0.3 is 0 Å². The number of nitrogens with one attached hydrogen (secondary N) is 3. The van der Waals surface area contributed by atoms with Crippen molar-refractivity contribution in [3.05, 3.63) is 77.9 Å². The fourth-order valence-electron chi connectivity index (χ4n) is 3.02. The van der Waals surface area contributed by atoms with Crippen molar-refractivity contribution in [2.75, 3.05) is 13.6 Å². The summed E-state index contributed by atoms with van der Waals surface area (Å²) in [7, 11) is -2.25. The van der Waals surface area contributed by atoms with Gasteiger partial charge in [0, 0.05) is 5.56 Å². The van der Waals surface area contributed by atoms with Gasteiger partial charge in [0.05, 0.1) is 17.5 Å². The lowest BCUT2D eigenvalue weighted by Gasteiger charge is -2.15. The minimum atomic E-state index is -3.57. The summed E-state index contributed by atoms with van der Waals surface area (Å²) in [6, 6.07) is 19.2. The Morgan fingerprint density at radius 3 is 2.27 bits per heavy atom. The summed E-state index contributed by atoms with van der Waals surface area (Å²) in [5, 5.41) is 7.62. The molecule has 3 aromatic rings. The molecule has 0 radical (unpaired) electrons. The van der Waals surface area contributed by atoms with Gasteiger partial charge in [0.2, 0.25) is 15.9 Å². The highest BCUT2D eigenvalue weighted by Crippen LogP contribution is 2.20. The van der Waals surface area contributed by atoms with Crippen molar-refractivity contribution in [3.8, 4) is 0 Å². The third kappa shape index (κ3) is 5.03. The Morgan fingerprint density at radius 2 is 1.60 bits per heavy atom. The molecule has 3 aromatic carbocycles. The van der Waals surface area contributed by atoms with Gasteiger partial charge in [-0.2, -0.15) is 0 Å². The molecule has 0 fully saturated rings. The molecular weight excluding hydrogens is 402 g/mol. The molecule has 8 heteroatoms. The van der Waals surface area contributed by atoms with Crippen LogP contribution < -0.4 is 15.4 Å². The number of sulfonamides is 1. The van der Waals surface area contributed by atoms with Crippen LogP contribution in [0, 0.1) is 0 Å². The molecule has 0 unspecified atom stereocenters. The molecule has 156 valence electrons. The van der Waals surface area contributed by atoms with Crippen LogP contribution in [0.25, 0.3) is 10.8 Å². The van der Waals surface area contributed by atoms with Gasteiger partial charge in [0.25, 0.3) is 5.91 Å². The van der Waals surface area contributed by atoms with Crippen LogP contribution in [-0.2, 0) is 14.8 Å². The monoisotopic (exact) mass is 425 g/mol. The molecule has 3 N–H and O–H groups in total. The van der Waals surface area contributed by atoms with Crippen molar-refractivity contribution in [1.82, 2.24) is 15.4 Å². The maximum absolute atomic E-state index is 12.2. The Hall–Kier alpha value is -3.23. The van der Waals surface area contributed by atoms with Gasteiger partial charge in [0.1, 0.15) is 0 Å². The highest BCUT2D eigenvalue weighted by atomic mass is 32.2. The number of carbonyl (C=O) groups is 2. The zero-order valence-electron chi connectivity index (χ0n) is 16.7. The summed E-state index contributed by atoms with van der Waals surface area (Å²) in [5.41, 5.74) is 1.23. The van der Waals surface area contributed by atoms with Crippen molar-refractivity contribution in [2.45, 2.75) is 17.9 Å². The predicted octanol–water partition coefficient (Wildman–Crippen LogP) is 2.36. The van der Waals surface area contributed by atoms with E-state index in [4.69, 9.17) is 0 Å². The van der Waals surface area contributed by atoms with Gasteiger partial charge in [-0.3, -0.25) is 9.59 Å². The largest absolute Gasteiger partial charge is 0.348 e. The van der Waals surface area contributed by atoms with E-state index >= 15 is 0 Å². The summed E-state index contributed by atoms with van der Waals surface area (Å²) in [6.07, 6.45) is 0. The first-order valence-corrected chi connectivity index (χ1v) is 10.9. The molecule has 0 aromatic heterocycles. The van der Waals surface area contributed by atoms with E-state index in [1.54, 1.807) is 0 Å². The van der Waals surface area contributed by atoms with Gasteiger partial charge in [-0.15, -0.1) is 0 Å². The molecule has 0 spiro atoms. The number of amides is 2. The number of hydrogen-bond donors (Lipinski definition) is 3. The Morgan fingerprint density at radius 1 is 0.933 bits per heavy atom. The minimum absolute atomic E-state index is 0.0588. The summed E-state index contributed by atoms with van der Waals surface area (Å²) in [4.78, 5) is 24.5. The second-order valence-corrected chi connectivity index (χ2v) is 8.70. The summed E-state index contributed by atoms with van der Waals surface area (Å²) >= 11 is 0. The maximum atomic E-state index is 12.2. The van der Waals surface area contributed by atoms with Gasteiger partial charge < -0.3 is 10.6 Å². The quantitative estimate of drug-likeness (QED) is 0.540. The maximum Gasteiger partial charge on any atom is 0.251 e. The van der Waals surface area contributed by atoms with E-state index in [1.807, 2.05) is 49.4 Å². The Labute approximate surface area is 175 Å². The molecule has 3 rings (SSSR count). The second kappa shape index (κ2) is 9.06. The fraction of sp³-hybridized carbons (Fsp3) is 0.182. The number of hydrogen-bond acceptors (Lipinski definition) is 4. The molecule has 2 amide bonds. The molecule has 0 aliphatic heterocycles. The van der Waals surface area contributed by atoms with Crippen LogP contribution in [-0.4, -0.2) is 33.8 Å². The summed E-state index contributed by atoms with van der Waals surface area (Å²) < 4.78 is 25.7. The SMILES string of the molecule is CNS(=O)(=O)c1ccc(C(=O)NCC(=O)N[C@@H](C)c2ccc3ccccc3c2)cc1. The Bertz CT molecular complexity index is 1170. The van der Waals surface area contributed by atoms with Crippen LogP contribution in [0.4, 0.5) is 0 Å². The predicted molar refractivity (Wildman–Crippen MR) is 116 cm³/mol. The first-order valence-electron chi connectivity index (χ1n) is 9.40. The average molecular weight is 426 g/mol. The van der Waals surface area contributed by atoms with Crippen molar-refractivity contribution in [3.63, 3.8) is 0 Å². The van der Waals surface area contributed by atoms with Gasteiger partial charge in [-0.1, -0.05) is 36.4 Å². The third-order valence-electron chi connectivity index (χ3n) is 4.76. The van der Waals surface area contributed by atoms with Crippen LogP contribution >= 0.6 is 0 Å². The van der Waals surface area contributed by atoms with E-state index in [2.05, 4.69) is 15.4 Å². The number of benzene rings is 3. The number of carbonyl (C=O) groups excluding carboxylic acids is 2. The van der Waals surface area contributed by atoms with E-state index in [0.717, 1.165) is 16.3 Å². The molecule has 30 heavy (non-hydrogen) atoms. The van der Waals surface area contributed by atoms with Gasteiger partial charge in [-0.25, -0.2) is 13.1 Å². The standard InChI is InChI=1S/C22H23N3O4S/c1-15(18-8-7-16-5-3-4-6-19(16)13-18)25-21(26)14-24-22(27)17-9-11-20(12-10-17)30(28,29)23-2/h3-13,15,23H,14H2,1-2H3,(H,24,27)(H,25,26)/t15-/m0/s1. The zero-order chi connectivity index (χ0) is 21.7. The molecule has 0 bridgehead atoms. The average Bonchev–Trinajstić information content (AvgIpc) is 2.77. The first-order chi connectivity index (χ1) is 14.3. The van der Waals surface area contributed by atoms with E-state index in [0.29, 0.717) is 0 Å². The van der Waals surface area contributed by atoms with Crippen molar-refractivity contribution in [1.29, 1.82) is 0 Å². The van der Waals surface area contributed by atoms with Crippen molar-refractivity contribution in [2.24, 2.45) is 0 Å². The van der Waals surface area contributed by atoms with E-state index in [9.17, 15) is 18.0 Å². The number of rotatable bonds is 7. The van der Waals surface area contributed by atoms with Crippen molar-refractivity contribution >= 4 is 32.6 Å². The zero-order valence-corrected chi connectivity index (χ0v) is 17.5.